The van der Waals surface area contributed by atoms with Crippen LogP contribution in [0.3, 0.4) is 0 Å². The van der Waals surface area contributed by atoms with Crippen molar-refractivity contribution in [2.24, 2.45) is 5.10 Å². The monoisotopic (exact) mass is 391 g/mol. The summed E-state index contributed by atoms with van der Waals surface area (Å²) in [5.74, 6) is -0.129. The van der Waals surface area contributed by atoms with Crippen LogP contribution in [0.25, 0.3) is 5.65 Å². The second-order valence-electron chi connectivity index (χ2n) is 6.85. The van der Waals surface area contributed by atoms with Gasteiger partial charge in [-0.25, -0.2) is 10.4 Å². The molecule has 1 saturated heterocycles. The first kappa shape index (κ1) is 18.7. The van der Waals surface area contributed by atoms with Crippen molar-refractivity contribution in [3.8, 4) is 5.75 Å². The average molecular weight is 391 g/mol. The van der Waals surface area contributed by atoms with Gasteiger partial charge >= 0.3 is 0 Å². The molecule has 148 valence electrons. The third kappa shape index (κ3) is 3.82. The van der Waals surface area contributed by atoms with Crippen molar-refractivity contribution in [2.45, 2.75) is 19.3 Å². The third-order valence-electron chi connectivity index (χ3n) is 4.91. The van der Waals surface area contributed by atoms with Gasteiger partial charge in [0.05, 0.1) is 11.8 Å². The molecule has 1 amide bonds. The number of aromatic nitrogens is 2. The number of anilines is 1. The molecule has 8 nitrogen and oxygen atoms in total. The summed E-state index contributed by atoms with van der Waals surface area (Å²) in [5.41, 5.74) is 3.10. The van der Waals surface area contributed by atoms with Crippen LogP contribution in [0.5, 0.6) is 5.75 Å². The summed E-state index contributed by atoms with van der Waals surface area (Å²) in [4.78, 5) is 32.1. The zero-order valence-electron chi connectivity index (χ0n) is 15.8. The van der Waals surface area contributed by atoms with Crippen LogP contribution >= 0.6 is 0 Å². The molecule has 3 aromatic rings. The van der Waals surface area contributed by atoms with Crippen LogP contribution in [0.4, 0.5) is 5.82 Å². The zero-order valence-corrected chi connectivity index (χ0v) is 15.8. The normalized spacial score (nSPS) is 14.4. The van der Waals surface area contributed by atoms with E-state index in [0.29, 0.717) is 17.0 Å². The fraction of sp³-hybridized carbons (Fsp3) is 0.238. The third-order valence-corrected chi connectivity index (χ3v) is 4.91. The van der Waals surface area contributed by atoms with Gasteiger partial charge in [0.25, 0.3) is 11.5 Å². The number of hydrogen-bond donors (Lipinski definition) is 2. The number of carbonyl (C=O) groups is 1. The smallest absolute Gasteiger partial charge is 0.275 e. The van der Waals surface area contributed by atoms with E-state index in [1.54, 1.807) is 30.5 Å². The van der Waals surface area contributed by atoms with Gasteiger partial charge in [0.15, 0.2) is 0 Å². The van der Waals surface area contributed by atoms with Crippen LogP contribution in [-0.2, 0) is 0 Å². The van der Waals surface area contributed by atoms with Crippen molar-refractivity contribution in [1.82, 2.24) is 14.8 Å². The van der Waals surface area contributed by atoms with Gasteiger partial charge in [0, 0.05) is 19.3 Å². The minimum Gasteiger partial charge on any atom is -0.507 e. The predicted octanol–water partition coefficient (Wildman–Crippen LogP) is 2.15. The van der Waals surface area contributed by atoms with E-state index < -0.39 is 5.91 Å². The Balaban J connectivity index is 1.69. The van der Waals surface area contributed by atoms with Crippen molar-refractivity contribution in [2.75, 3.05) is 18.0 Å². The molecule has 0 unspecified atom stereocenters. The lowest BCUT2D eigenvalue weighted by atomic mass is 10.1. The lowest BCUT2D eigenvalue weighted by Crippen LogP contribution is -2.34. The number of hydrogen-bond acceptors (Lipinski definition) is 6. The number of phenols is 1. The highest BCUT2D eigenvalue weighted by Crippen LogP contribution is 2.20. The molecule has 0 spiro atoms. The van der Waals surface area contributed by atoms with E-state index in [1.165, 1.54) is 22.7 Å². The SMILES string of the molecule is O=C(NN=Cc1c(N2CCCCC2)nc2ccccn2c1=O)c1ccccc1O. The molecule has 8 heteroatoms. The quantitative estimate of drug-likeness (QED) is 0.524. The van der Waals surface area contributed by atoms with E-state index in [1.807, 2.05) is 6.07 Å². The Morgan fingerprint density at radius 3 is 2.66 bits per heavy atom. The Bertz CT molecular complexity index is 1130. The molecule has 0 radical (unpaired) electrons. The molecule has 0 atom stereocenters. The van der Waals surface area contributed by atoms with Crippen molar-refractivity contribution in [1.29, 1.82) is 0 Å². The summed E-state index contributed by atoms with van der Waals surface area (Å²) in [7, 11) is 0. The van der Waals surface area contributed by atoms with Crippen molar-refractivity contribution in [3.63, 3.8) is 0 Å². The van der Waals surface area contributed by atoms with Gasteiger partial charge < -0.3 is 10.0 Å². The molecular weight excluding hydrogens is 370 g/mol. The highest BCUT2D eigenvalue weighted by Gasteiger charge is 2.19. The number of phenolic OH excluding ortho intramolecular Hbond substituents is 1. The van der Waals surface area contributed by atoms with E-state index >= 15 is 0 Å². The number of fused-ring (bicyclic) bond motifs is 1. The van der Waals surface area contributed by atoms with Crippen LogP contribution in [0, 0.1) is 0 Å². The number of carbonyl (C=O) groups excluding carboxylic acids is 1. The molecule has 0 saturated carbocycles. The average Bonchev–Trinajstić information content (AvgIpc) is 2.76. The van der Waals surface area contributed by atoms with E-state index in [0.717, 1.165) is 32.4 Å². The minimum atomic E-state index is -0.562. The maximum Gasteiger partial charge on any atom is 0.275 e. The molecule has 3 heterocycles. The molecule has 1 fully saturated rings. The molecule has 1 aromatic carbocycles. The number of hydrazone groups is 1. The summed E-state index contributed by atoms with van der Waals surface area (Å²) in [5, 5.41) is 13.8. The second-order valence-corrected chi connectivity index (χ2v) is 6.85. The highest BCUT2D eigenvalue weighted by atomic mass is 16.3. The van der Waals surface area contributed by atoms with E-state index in [-0.39, 0.29) is 16.9 Å². The number of piperidine rings is 1. The minimum absolute atomic E-state index is 0.106. The van der Waals surface area contributed by atoms with Crippen LogP contribution in [0.2, 0.25) is 0 Å². The van der Waals surface area contributed by atoms with Crippen LogP contribution in [0.1, 0.15) is 35.2 Å². The molecule has 4 rings (SSSR count). The molecule has 1 aliphatic heterocycles. The first-order valence-corrected chi connectivity index (χ1v) is 9.53. The fourth-order valence-corrected chi connectivity index (χ4v) is 3.43. The topological polar surface area (TPSA) is 99.3 Å². The first-order valence-electron chi connectivity index (χ1n) is 9.53. The summed E-state index contributed by atoms with van der Waals surface area (Å²) in [6.45, 7) is 1.64. The van der Waals surface area contributed by atoms with Crippen LogP contribution < -0.4 is 15.9 Å². The number of pyridine rings is 1. The van der Waals surface area contributed by atoms with Crippen LogP contribution in [-0.4, -0.2) is 39.7 Å². The summed E-state index contributed by atoms with van der Waals surface area (Å²) in [6, 6.07) is 11.6. The van der Waals surface area contributed by atoms with Crippen molar-refractivity contribution >= 4 is 23.6 Å². The van der Waals surface area contributed by atoms with Gasteiger partial charge in [0.2, 0.25) is 0 Å². The van der Waals surface area contributed by atoms with Gasteiger partial charge in [-0.3, -0.25) is 14.0 Å². The van der Waals surface area contributed by atoms with Crippen LogP contribution in [0.15, 0.2) is 58.6 Å². The van der Waals surface area contributed by atoms with E-state index in [2.05, 4.69) is 20.4 Å². The number of para-hydroxylation sites is 1. The van der Waals surface area contributed by atoms with Gasteiger partial charge in [-0.05, 0) is 43.5 Å². The molecule has 2 N–H and O–H groups in total. The van der Waals surface area contributed by atoms with E-state index in [9.17, 15) is 14.7 Å². The van der Waals surface area contributed by atoms with Gasteiger partial charge in [0.1, 0.15) is 22.8 Å². The predicted molar refractivity (Wildman–Crippen MR) is 111 cm³/mol. The zero-order chi connectivity index (χ0) is 20.2. The Labute approximate surface area is 167 Å². The standard InChI is InChI=1S/C21H21N5O3/c27-17-9-3-2-8-15(17)20(28)24-22-14-16-19(25-11-5-1-6-12-25)23-18-10-4-7-13-26(18)21(16)29/h2-4,7-10,13-14,27H,1,5-6,11-12H2,(H,24,28). The number of aromatic hydroxyl groups is 1. The van der Waals surface area contributed by atoms with Crippen molar-refractivity contribution < 1.29 is 9.90 Å². The molecule has 0 bridgehead atoms. The first-order chi connectivity index (χ1) is 14.1. The van der Waals surface area contributed by atoms with Crippen molar-refractivity contribution in [3.05, 3.63) is 70.1 Å². The summed E-state index contributed by atoms with van der Waals surface area (Å²) >= 11 is 0. The summed E-state index contributed by atoms with van der Waals surface area (Å²) < 4.78 is 1.46. The maximum atomic E-state index is 13.0. The molecule has 29 heavy (non-hydrogen) atoms. The highest BCUT2D eigenvalue weighted by molar-refractivity contribution is 5.97. The number of nitrogens with zero attached hydrogens (tertiary/aromatic N) is 4. The number of benzene rings is 1. The molecule has 2 aromatic heterocycles. The van der Waals surface area contributed by atoms with Gasteiger partial charge in [-0.15, -0.1) is 0 Å². The Hall–Kier alpha value is -3.68. The maximum absolute atomic E-state index is 13.0. The Kier molecular flexibility index (Phi) is 5.24. The summed E-state index contributed by atoms with van der Waals surface area (Å²) in [6.07, 6.45) is 6.22. The lowest BCUT2D eigenvalue weighted by molar-refractivity contribution is 0.0952. The largest absolute Gasteiger partial charge is 0.507 e. The lowest BCUT2D eigenvalue weighted by Gasteiger charge is -2.28. The second kappa shape index (κ2) is 8.14. The Morgan fingerprint density at radius 1 is 1.10 bits per heavy atom. The number of amides is 1. The van der Waals surface area contributed by atoms with Gasteiger partial charge in [-0.2, -0.15) is 5.10 Å². The molecule has 1 aliphatic rings. The fourth-order valence-electron chi connectivity index (χ4n) is 3.43. The number of rotatable bonds is 4. The van der Waals surface area contributed by atoms with Gasteiger partial charge in [-0.1, -0.05) is 18.2 Å². The number of nitrogens with one attached hydrogen (secondary N) is 1. The Morgan fingerprint density at radius 2 is 1.86 bits per heavy atom. The van der Waals surface area contributed by atoms with E-state index in [4.69, 9.17) is 0 Å². The molecular formula is C21H21N5O3. The molecule has 0 aliphatic carbocycles.